The van der Waals surface area contributed by atoms with E-state index in [9.17, 15) is 4.79 Å². The van der Waals surface area contributed by atoms with Crippen molar-refractivity contribution < 1.29 is 4.79 Å². The maximum absolute atomic E-state index is 12.6. The van der Waals surface area contributed by atoms with Crippen molar-refractivity contribution in [2.45, 2.75) is 32.4 Å². The van der Waals surface area contributed by atoms with Gasteiger partial charge < -0.3 is 9.80 Å². The molecule has 3 rings (SSSR count). The summed E-state index contributed by atoms with van der Waals surface area (Å²) >= 11 is 0. The van der Waals surface area contributed by atoms with E-state index in [1.54, 1.807) is 12.4 Å². The van der Waals surface area contributed by atoms with Crippen molar-refractivity contribution in [3.63, 3.8) is 0 Å². The van der Waals surface area contributed by atoms with Crippen LogP contribution in [0.25, 0.3) is 0 Å². The van der Waals surface area contributed by atoms with E-state index < -0.39 is 0 Å². The number of carbonyl (C=O) groups excluding carboxylic acids is 1. The maximum Gasteiger partial charge on any atom is 0.225 e. The molecule has 2 heterocycles. The van der Waals surface area contributed by atoms with E-state index >= 15 is 0 Å². The topological polar surface area (TPSA) is 49.3 Å². The molecule has 5 nitrogen and oxygen atoms in total. The average molecular weight is 310 g/mol. The third-order valence-corrected chi connectivity index (χ3v) is 4.29. The third kappa shape index (κ3) is 3.67. The second-order valence-corrected chi connectivity index (χ2v) is 5.81. The zero-order chi connectivity index (χ0) is 16.1. The number of nitrogens with zero attached hydrogens (tertiary/aromatic N) is 4. The Morgan fingerprint density at radius 1 is 1.13 bits per heavy atom. The van der Waals surface area contributed by atoms with Crippen LogP contribution in [0.5, 0.6) is 0 Å². The number of hydrogen-bond donors (Lipinski definition) is 0. The monoisotopic (exact) mass is 310 g/mol. The molecule has 1 aromatic carbocycles. The Bertz CT molecular complexity index is 632. The van der Waals surface area contributed by atoms with Crippen molar-refractivity contribution >= 4 is 11.9 Å². The molecule has 1 aromatic heterocycles. The molecule has 0 bridgehead atoms. The van der Waals surface area contributed by atoms with Gasteiger partial charge in [-0.05, 0) is 18.1 Å². The zero-order valence-electron chi connectivity index (χ0n) is 13.4. The van der Waals surface area contributed by atoms with Crippen LogP contribution in [0.2, 0.25) is 0 Å². The van der Waals surface area contributed by atoms with Gasteiger partial charge in [0.2, 0.25) is 11.9 Å². The normalized spacial score (nSPS) is 18.8. The SMILES string of the molecule is CC[C@@H]1CN(c2ncccn2)CCC(=O)N1Cc1ccccc1. The highest BCUT2D eigenvalue weighted by Crippen LogP contribution is 2.20. The molecular formula is C18H22N4O. The molecule has 0 N–H and O–H groups in total. The van der Waals surface area contributed by atoms with E-state index in [2.05, 4.69) is 33.9 Å². The number of anilines is 1. The second-order valence-electron chi connectivity index (χ2n) is 5.81. The Balaban J connectivity index is 1.79. The van der Waals surface area contributed by atoms with Crippen LogP contribution in [-0.2, 0) is 11.3 Å². The summed E-state index contributed by atoms with van der Waals surface area (Å²) in [5, 5.41) is 0. The smallest absolute Gasteiger partial charge is 0.225 e. The fourth-order valence-electron chi connectivity index (χ4n) is 3.01. The molecule has 0 aliphatic carbocycles. The van der Waals surface area contributed by atoms with Gasteiger partial charge in [-0.3, -0.25) is 4.79 Å². The van der Waals surface area contributed by atoms with Crippen molar-refractivity contribution in [3.05, 3.63) is 54.4 Å². The Hall–Kier alpha value is -2.43. The molecule has 1 amide bonds. The number of amides is 1. The standard InChI is InChI=1S/C18H22N4O/c1-2-16-14-21(18-19-10-6-11-20-18)12-9-17(23)22(16)13-15-7-4-3-5-8-15/h3-8,10-11,16H,2,9,12-14H2,1H3/t16-/m1/s1. The minimum Gasteiger partial charge on any atom is -0.338 e. The molecule has 0 radical (unpaired) electrons. The minimum absolute atomic E-state index is 0.175. The summed E-state index contributed by atoms with van der Waals surface area (Å²) in [6, 6.07) is 12.2. The van der Waals surface area contributed by atoms with E-state index in [1.165, 1.54) is 5.56 Å². The predicted molar refractivity (Wildman–Crippen MR) is 89.9 cm³/mol. The summed E-state index contributed by atoms with van der Waals surface area (Å²) in [5.74, 6) is 0.916. The first-order valence-corrected chi connectivity index (χ1v) is 8.13. The van der Waals surface area contributed by atoms with Crippen LogP contribution in [0.3, 0.4) is 0 Å². The maximum atomic E-state index is 12.6. The van der Waals surface area contributed by atoms with Crippen LogP contribution in [0.15, 0.2) is 48.8 Å². The van der Waals surface area contributed by atoms with Crippen LogP contribution in [-0.4, -0.2) is 39.9 Å². The Kier molecular flexibility index (Phi) is 4.86. The molecule has 0 spiro atoms. The van der Waals surface area contributed by atoms with E-state index in [0.717, 1.165) is 13.0 Å². The van der Waals surface area contributed by atoms with Gasteiger partial charge in [0.25, 0.3) is 0 Å². The van der Waals surface area contributed by atoms with Crippen LogP contribution < -0.4 is 4.90 Å². The predicted octanol–water partition coefficient (Wildman–Crippen LogP) is 2.49. The Labute approximate surface area is 137 Å². The van der Waals surface area contributed by atoms with Gasteiger partial charge in [-0.25, -0.2) is 9.97 Å². The number of hydrogen-bond acceptors (Lipinski definition) is 4. The zero-order valence-corrected chi connectivity index (χ0v) is 13.4. The number of carbonyl (C=O) groups is 1. The van der Waals surface area contributed by atoms with Crippen molar-refractivity contribution in [1.29, 1.82) is 0 Å². The molecular weight excluding hydrogens is 288 g/mol. The van der Waals surface area contributed by atoms with Crippen LogP contribution in [0, 0.1) is 0 Å². The highest BCUT2D eigenvalue weighted by Gasteiger charge is 2.29. The molecule has 1 atom stereocenters. The number of aromatic nitrogens is 2. The second kappa shape index (κ2) is 7.22. The van der Waals surface area contributed by atoms with Crippen LogP contribution in [0.4, 0.5) is 5.95 Å². The summed E-state index contributed by atoms with van der Waals surface area (Å²) in [6.07, 6.45) is 4.92. The molecule has 2 aromatic rings. The lowest BCUT2D eigenvalue weighted by Crippen LogP contribution is -2.42. The lowest BCUT2D eigenvalue weighted by Gasteiger charge is -2.31. The largest absolute Gasteiger partial charge is 0.338 e. The van der Waals surface area contributed by atoms with Crippen LogP contribution >= 0.6 is 0 Å². The first-order valence-electron chi connectivity index (χ1n) is 8.13. The van der Waals surface area contributed by atoms with Crippen molar-refractivity contribution in [3.8, 4) is 0 Å². The van der Waals surface area contributed by atoms with Gasteiger partial charge in [0.15, 0.2) is 0 Å². The third-order valence-electron chi connectivity index (χ3n) is 4.29. The Morgan fingerprint density at radius 2 is 1.87 bits per heavy atom. The summed E-state index contributed by atoms with van der Waals surface area (Å²) in [6.45, 7) is 4.25. The average Bonchev–Trinajstić information content (AvgIpc) is 2.76. The molecule has 120 valence electrons. The van der Waals surface area contributed by atoms with Gasteiger partial charge >= 0.3 is 0 Å². The Morgan fingerprint density at radius 3 is 2.57 bits per heavy atom. The fourth-order valence-corrected chi connectivity index (χ4v) is 3.01. The van der Waals surface area contributed by atoms with E-state index in [4.69, 9.17) is 0 Å². The first kappa shape index (κ1) is 15.5. The molecule has 1 fully saturated rings. The molecule has 1 aliphatic heterocycles. The van der Waals surface area contributed by atoms with E-state index in [-0.39, 0.29) is 11.9 Å². The van der Waals surface area contributed by atoms with Crippen molar-refractivity contribution in [1.82, 2.24) is 14.9 Å². The highest BCUT2D eigenvalue weighted by molar-refractivity contribution is 5.77. The highest BCUT2D eigenvalue weighted by atomic mass is 16.2. The molecule has 0 saturated carbocycles. The van der Waals surface area contributed by atoms with Gasteiger partial charge in [-0.2, -0.15) is 0 Å². The first-order chi connectivity index (χ1) is 11.3. The van der Waals surface area contributed by atoms with Crippen molar-refractivity contribution in [2.75, 3.05) is 18.0 Å². The molecule has 1 saturated heterocycles. The van der Waals surface area contributed by atoms with E-state index in [0.29, 0.717) is 25.5 Å². The van der Waals surface area contributed by atoms with Gasteiger partial charge in [0.05, 0.1) is 0 Å². The minimum atomic E-state index is 0.175. The lowest BCUT2D eigenvalue weighted by molar-refractivity contribution is -0.133. The molecule has 5 heteroatoms. The molecule has 23 heavy (non-hydrogen) atoms. The summed E-state index contributed by atoms with van der Waals surface area (Å²) in [7, 11) is 0. The summed E-state index contributed by atoms with van der Waals surface area (Å²) in [4.78, 5) is 25.4. The summed E-state index contributed by atoms with van der Waals surface area (Å²) in [5.41, 5.74) is 1.17. The van der Waals surface area contributed by atoms with E-state index in [1.807, 2.05) is 29.2 Å². The molecule has 1 aliphatic rings. The van der Waals surface area contributed by atoms with Gasteiger partial charge in [0.1, 0.15) is 0 Å². The van der Waals surface area contributed by atoms with Gasteiger partial charge in [0, 0.05) is 44.5 Å². The quantitative estimate of drug-likeness (QED) is 0.870. The number of benzene rings is 1. The lowest BCUT2D eigenvalue weighted by atomic mass is 10.1. The number of rotatable bonds is 4. The summed E-state index contributed by atoms with van der Waals surface area (Å²) < 4.78 is 0. The van der Waals surface area contributed by atoms with Gasteiger partial charge in [-0.15, -0.1) is 0 Å². The molecule has 0 unspecified atom stereocenters. The fraction of sp³-hybridized carbons (Fsp3) is 0.389. The van der Waals surface area contributed by atoms with Crippen LogP contribution in [0.1, 0.15) is 25.3 Å². The van der Waals surface area contributed by atoms with Crippen molar-refractivity contribution in [2.24, 2.45) is 0 Å². The van der Waals surface area contributed by atoms with Gasteiger partial charge in [-0.1, -0.05) is 37.3 Å².